The molecule has 1 unspecified atom stereocenters. The van der Waals surface area contributed by atoms with Crippen LogP contribution in [0, 0.1) is 11.3 Å². The first-order valence-electron chi connectivity index (χ1n) is 11.8. The fourth-order valence-corrected chi connectivity index (χ4v) is 4.05. The molecule has 3 aromatic rings. The van der Waals surface area contributed by atoms with Crippen LogP contribution in [-0.2, 0) is 0 Å². The van der Waals surface area contributed by atoms with Crippen molar-refractivity contribution in [3.8, 4) is 23.3 Å². The molecule has 0 aliphatic carbocycles. The monoisotopic (exact) mass is 472 g/mol. The van der Waals surface area contributed by atoms with Crippen LogP contribution in [0.15, 0.2) is 76.7 Å². The Morgan fingerprint density at radius 3 is 2.54 bits per heavy atom. The minimum absolute atomic E-state index is 0.0203. The average Bonchev–Trinajstić information content (AvgIpc) is 3.41. The second-order valence-electron chi connectivity index (χ2n) is 8.32. The first-order valence-corrected chi connectivity index (χ1v) is 11.8. The predicted molar refractivity (Wildman–Crippen MR) is 130 cm³/mol. The van der Waals surface area contributed by atoms with Gasteiger partial charge in [0.2, 0.25) is 11.6 Å². The summed E-state index contributed by atoms with van der Waals surface area (Å²) in [6, 6.07) is 18.0. The summed E-state index contributed by atoms with van der Waals surface area (Å²) >= 11 is 0. The van der Waals surface area contributed by atoms with Crippen molar-refractivity contribution in [2.24, 2.45) is 5.73 Å². The first-order chi connectivity index (χ1) is 17.1. The lowest BCUT2D eigenvalue weighted by atomic mass is 9.83. The SMILES string of the molecule is CCCCCCCOc1ccc(C2C(C#N)=C(N)Oc3cc(OC(=O)c4ccco4)ccc32)cc1. The number of allylic oxidation sites excluding steroid dienone is 1. The van der Waals surface area contributed by atoms with E-state index in [-0.39, 0.29) is 17.4 Å². The van der Waals surface area contributed by atoms with E-state index in [0.29, 0.717) is 17.9 Å². The van der Waals surface area contributed by atoms with Crippen molar-refractivity contribution >= 4 is 5.97 Å². The summed E-state index contributed by atoms with van der Waals surface area (Å²) in [6.07, 6.45) is 7.30. The van der Waals surface area contributed by atoms with Gasteiger partial charge in [0.05, 0.1) is 18.8 Å². The van der Waals surface area contributed by atoms with Gasteiger partial charge in [0.1, 0.15) is 28.9 Å². The van der Waals surface area contributed by atoms with Crippen molar-refractivity contribution in [1.29, 1.82) is 5.26 Å². The maximum atomic E-state index is 12.2. The predicted octanol–water partition coefficient (Wildman–Crippen LogP) is 6.07. The summed E-state index contributed by atoms with van der Waals surface area (Å²) in [5.41, 5.74) is 8.04. The van der Waals surface area contributed by atoms with E-state index >= 15 is 0 Å². The van der Waals surface area contributed by atoms with Crippen LogP contribution in [0.4, 0.5) is 0 Å². The summed E-state index contributed by atoms with van der Waals surface area (Å²) in [5, 5.41) is 9.79. The smallest absolute Gasteiger partial charge is 0.379 e. The number of nitriles is 1. The van der Waals surface area contributed by atoms with Gasteiger partial charge in [0.25, 0.3) is 0 Å². The lowest BCUT2D eigenvalue weighted by Crippen LogP contribution is -2.21. The number of unbranched alkanes of at least 4 members (excludes halogenated alkanes) is 4. The van der Waals surface area contributed by atoms with Gasteiger partial charge in [-0.2, -0.15) is 5.26 Å². The van der Waals surface area contributed by atoms with E-state index in [1.54, 1.807) is 24.3 Å². The molecule has 1 aliphatic rings. The Labute approximate surface area is 204 Å². The van der Waals surface area contributed by atoms with Crippen LogP contribution in [0.3, 0.4) is 0 Å². The van der Waals surface area contributed by atoms with Crippen LogP contribution in [0.5, 0.6) is 17.2 Å². The molecule has 0 saturated heterocycles. The highest BCUT2D eigenvalue weighted by atomic mass is 16.5. The number of furan rings is 1. The second-order valence-corrected chi connectivity index (χ2v) is 8.32. The highest BCUT2D eigenvalue weighted by molar-refractivity contribution is 5.88. The fourth-order valence-electron chi connectivity index (χ4n) is 4.05. The number of ether oxygens (including phenoxy) is 3. The second kappa shape index (κ2) is 11.3. The first kappa shape index (κ1) is 24.0. The molecule has 4 rings (SSSR count). The van der Waals surface area contributed by atoms with Gasteiger partial charge >= 0.3 is 5.97 Å². The molecular formula is C28H28N2O5. The third-order valence-electron chi connectivity index (χ3n) is 5.85. The van der Waals surface area contributed by atoms with E-state index in [9.17, 15) is 10.1 Å². The summed E-state index contributed by atoms with van der Waals surface area (Å²) < 4.78 is 22.0. The molecule has 0 fully saturated rings. The van der Waals surface area contributed by atoms with E-state index in [0.717, 1.165) is 23.3 Å². The number of rotatable bonds is 10. The number of nitrogens with two attached hydrogens (primary N) is 1. The molecule has 180 valence electrons. The standard InChI is InChI=1S/C28H28N2O5/c1-2-3-4-5-6-15-32-20-11-9-19(10-12-20)26-22-14-13-21(34-28(31)24-8-7-16-33-24)17-25(22)35-27(30)23(26)18-29/h7-14,16-17,26H,2-6,15,30H2,1H3. The molecule has 1 aromatic heterocycles. The van der Waals surface area contributed by atoms with E-state index < -0.39 is 11.9 Å². The molecule has 1 atom stereocenters. The molecule has 2 heterocycles. The molecule has 1 aliphatic heterocycles. The molecule has 0 spiro atoms. The van der Waals surface area contributed by atoms with Crippen LogP contribution in [0.1, 0.15) is 66.6 Å². The third kappa shape index (κ3) is 5.67. The number of carbonyl (C=O) groups is 1. The highest BCUT2D eigenvalue weighted by Gasteiger charge is 2.31. The van der Waals surface area contributed by atoms with Crippen molar-refractivity contribution in [2.45, 2.75) is 44.9 Å². The van der Waals surface area contributed by atoms with Crippen LogP contribution in [0.2, 0.25) is 0 Å². The van der Waals surface area contributed by atoms with Crippen LogP contribution < -0.4 is 19.9 Å². The number of benzene rings is 2. The molecular weight excluding hydrogens is 444 g/mol. The minimum atomic E-state index is -0.621. The van der Waals surface area contributed by atoms with Crippen LogP contribution in [-0.4, -0.2) is 12.6 Å². The van der Waals surface area contributed by atoms with Crippen molar-refractivity contribution < 1.29 is 23.4 Å². The van der Waals surface area contributed by atoms with Gasteiger partial charge in [0.15, 0.2) is 0 Å². The Kier molecular flexibility index (Phi) is 7.74. The van der Waals surface area contributed by atoms with E-state index in [2.05, 4.69) is 13.0 Å². The zero-order valence-corrected chi connectivity index (χ0v) is 19.7. The van der Waals surface area contributed by atoms with Gasteiger partial charge in [-0.3, -0.25) is 0 Å². The quantitative estimate of drug-likeness (QED) is 0.217. The zero-order valence-electron chi connectivity index (χ0n) is 19.7. The van der Waals surface area contributed by atoms with Crippen molar-refractivity contribution in [3.05, 3.63) is 89.2 Å². The molecule has 0 radical (unpaired) electrons. The fraction of sp³-hybridized carbons (Fsp3) is 0.286. The van der Waals surface area contributed by atoms with E-state index in [1.165, 1.54) is 38.0 Å². The summed E-state index contributed by atoms with van der Waals surface area (Å²) in [4.78, 5) is 12.2. The number of fused-ring (bicyclic) bond motifs is 1. The van der Waals surface area contributed by atoms with Crippen molar-refractivity contribution in [3.63, 3.8) is 0 Å². The Morgan fingerprint density at radius 2 is 1.83 bits per heavy atom. The van der Waals surface area contributed by atoms with Crippen LogP contribution in [0.25, 0.3) is 0 Å². The normalized spacial score (nSPS) is 14.6. The highest BCUT2D eigenvalue weighted by Crippen LogP contribution is 2.43. The van der Waals surface area contributed by atoms with Gasteiger partial charge in [-0.1, -0.05) is 50.8 Å². The van der Waals surface area contributed by atoms with Gasteiger partial charge in [0, 0.05) is 11.6 Å². The largest absolute Gasteiger partial charge is 0.494 e. The Morgan fingerprint density at radius 1 is 1.06 bits per heavy atom. The van der Waals surface area contributed by atoms with Gasteiger partial charge in [-0.25, -0.2) is 4.79 Å². The van der Waals surface area contributed by atoms with Gasteiger partial charge in [-0.05, 0) is 42.3 Å². The molecule has 2 aromatic carbocycles. The average molecular weight is 473 g/mol. The molecule has 35 heavy (non-hydrogen) atoms. The Balaban J connectivity index is 1.50. The van der Waals surface area contributed by atoms with Gasteiger partial charge in [-0.15, -0.1) is 0 Å². The third-order valence-corrected chi connectivity index (χ3v) is 5.85. The molecule has 7 heteroatoms. The minimum Gasteiger partial charge on any atom is -0.494 e. The maximum Gasteiger partial charge on any atom is 0.379 e. The summed E-state index contributed by atoms with van der Waals surface area (Å²) in [6.45, 7) is 2.88. The Hall–Kier alpha value is -4.18. The summed E-state index contributed by atoms with van der Waals surface area (Å²) in [5.74, 6) is 0.560. The maximum absolute atomic E-state index is 12.2. The van der Waals surface area contributed by atoms with Gasteiger partial charge < -0.3 is 24.4 Å². The molecule has 0 saturated carbocycles. The number of nitrogens with zero attached hydrogens (tertiary/aromatic N) is 1. The molecule has 2 N–H and O–H groups in total. The number of esters is 1. The lowest BCUT2D eigenvalue weighted by Gasteiger charge is -2.26. The Bertz CT molecular complexity index is 1220. The lowest BCUT2D eigenvalue weighted by molar-refractivity contribution is 0.0701. The number of carbonyl (C=O) groups excluding carboxylic acids is 1. The van der Waals surface area contributed by atoms with Crippen molar-refractivity contribution in [2.75, 3.05) is 6.61 Å². The topological polar surface area (TPSA) is 108 Å². The number of hydrogen-bond donors (Lipinski definition) is 1. The molecule has 0 amide bonds. The molecule has 7 nitrogen and oxygen atoms in total. The summed E-state index contributed by atoms with van der Waals surface area (Å²) in [7, 11) is 0. The van der Waals surface area contributed by atoms with E-state index in [4.69, 9.17) is 24.4 Å². The zero-order chi connectivity index (χ0) is 24.6. The molecule has 0 bridgehead atoms. The van der Waals surface area contributed by atoms with E-state index in [1.807, 2.05) is 24.3 Å². The van der Waals surface area contributed by atoms with Crippen molar-refractivity contribution in [1.82, 2.24) is 0 Å². The van der Waals surface area contributed by atoms with Crippen LogP contribution >= 0.6 is 0 Å². The number of hydrogen-bond acceptors (Lipinski definition) is 7.